The average molecular weight is 162 g/mol. The minimum atomic E-state index is 0.209. The van der Waals surface area contributed by atoms with Crippen molar-refractivity contribution in [2.24, 2.45) is 0 Å². The number of hydrogen-bond acceptors (Lipinski definition) is 2. The maximum absolute atomic E-state index is 10.6. The molecule has 0 aliphatic carbocycles. The third-order valence-corrected chi connectivity index (χ3v) is 2.12. The molecule has 0 saturated carbocycles. The summed E-state index contributed by atoms with van der Waals surface area (Å²) in [5.74, 6) is 0.868. The van der Waals surface area contributed by atoms with E-state index in [1.54, 1.807) is 0 Å². The first-order valence-electron chi connectivity index (χ1n) is 4.05. The largest absolute Gasteiger partial charge is 0.490 e. The van der Waals surface area contributed by atoms with Crippen LogP contribution in [0.5, 0.6) is 5.75 Å². The van der Waals surface area contributed by atoms with Gasteiger partial charge in [-0.3, -0.25) is 4.79 Å². The molecular formula is C10H10O2. The zero-order chi connectivity index (χ0) is 8.55. The number of hydrogen-bond donors (Lipinski definition) is 0. The molecule has 1 aliphatic rings. The second-order valence-electron chi connectivity index (χ2n) is 3.07. The summed E-state index contributed by atoms with van der Waals surface area (Å²) in [5.41, 5.74) is 1.82. The summed E-state index contributed by atoms with van der Waals surface area (Å²) < 4.78 is 5.49. The number of ether oxygens (including phenoxy) is 1. The van der Waals surface area contributed by atoms with Crippen LogP contribution in [0.2, 0.25) is 0 Å². The molecular weight excluding hydrogens is 152 g/mol. The molecule has 2 nitrogen and oxygen atoms in total. The van der Waals surface area contributed by atoms with Gasteiger partial charge in [-0.2, -0.15) is 0 Å². The van der Waals surface area contributed by atoms with Crippen molar-refractivity contribution in [3.8, 4) is 5.75 Å². The summed E-state index contributed by atoms with van der Waals surface area (Å²) in [6.07, 6.45) is 1.95. The van der Waals surface area contributed by atoms with Gasteiger partial charge in [-0.1, -0.05) is 12.1 Å². The van der Waals surface area contributed by atoms with Crippen molar-refractivity contribution >= 4 is 6.29 Å². The van der Waals surface area contributed by atoms with Gasteiger partial charge in [0, 0.05) is 17.5 Å². The van der Waals surface area contributed by atoms with Crippen LogP contribution in [-0.2, 0) is 6.42 Å². The minimum absolute atomic E-state index is 0.209. The lowest BCUT2D eigenvalue weighted by Crippen LogP contribution is -2.05. The summed E-state index contributed by atoms with van der Waals surface area (Å²) in [7, 11) is 0. The molecule has 62 valence electrons. The van der Waals surface area contributed by atoms with Crippen molar-refractivity contribution in [3.05, 3.63) is 29.3 Å². The van der Waals surface area contributed by atoms with Gasteiger partial charge < -0.3 is 4.74 Å². The van der Waals surface area contributed by atoms with E-state index in [4.69, 9.17) is 4.74 Å². The SMILES string of the molecule is C[C@@H]1Cc2c(C=O)cccc2O1. The van der Waals surface area contributed by atoms with Gasteiger partial charge in [-0.25, -0.2) is 0 Å². The van der Waals surface area contributed by atoms with Crippen molar-refractivity contribution in [3.63, 3.8) is 0 Å². The highest BCUT2D eigenvalue weighted by Crippen LogP contribution is 2.30. The fourth-order valence-corrected chi connectivity index (χ4v) is 1.57. The van der Waals surface area contributed by atoms with Crippen LogP contribution >= 0.6 is 0 Å². The van der Waals surface area contributed by atoms with Crippen molar-refractivity contribution in [1.82, 2.24) is 0 Å². The second-order valence-corrected chi connectivity index (χ2v) is 3.07. The summed E-state index contributed by atoms with van der Waals surface area (Å²) in [5, 5.41) is 0. The molecule has 2 heteroatoms. The second kappa shape index (κ2) is 2.63. The Bertz CT molecular complexity index is 318. The maximum Gasteiger partial charge on any atom is 0.150 e. The Hall–Kier alpha value is -1.31. The Morgan fingerprint density at radius 2 is 2.42 bits per heavy atom. The molecule has 0 bridgehead atoms. The fraction of sp³-hybridized carbons (Fsp3) is 0.300. The molecule has 0 aromatic heterocycles. The molecule has 1 heterocycles. The molecule has 2 rings (SSSR count). The molecule has 0 N–H and O–H groups in total. The Morgan fingerprint density at radius 3 is 3.17 bits per heavy atom. The predicted octanol–water partition coefficient (Wildman–Crippen LogP) is 1.82. The Morgan fingerprint density at radius 1 is 1.58 bits per heavy atom. The quantitative estimate of drug-likeness (QED) is 0.589. The highest BCUT2D eigenvalue weighted by molar-refractivity contribution is 5.79. The molecule has 1 aliphatic heterocycles. The standard InChI is InChI=1S/C10H10O2/c1-7-5-9-8(6-11)3-2-4-10(9)12-7/h2-4,6-7H,5H2,1H3/t7-/m1/s1. The van der Waals surface area contributed by atoms with Gasteiger partial charge in [-0.15, -0.1) is 0 Å². The molecule has 0 spiro atoms. The van der Waals surface area contributed by atoms with Gasteiger partial charge in [0.1, 0.15) is 18.1 Å². The fourth-order valence-electron chi connectivity index (χ4n) is 1.57. The first-order valence-corrected chi connectivity index (χ1v) is 4.05. The highest BCUT2D eigenvalue weighted by atomic mass is 16.5. The molecule has 0 unspecified atom stereocenters. The normalized spacial score (nSPS) is 19.9. The van der Waals surface area contributed by atoms with Crippen LogP contribution in [0.4, 0.5) is 0 Å². The smallest absolute Gasteiger partial charge is 0.150 e. The van der Waals surface area contributed by atoms with E-state index in [0.29, 0.717) is 0 Å². The topological polar surface area (TPSA) is 26.3 Å². The van der Waals surface area contributed by atoms with Crippen LogP contribution in [-0.4, -0.2) is 12.4 Å². The number of rotatable bonds is 1. The molecule has 0 saturated heterocycles. The lowest BCUT2D eigenvalue weighted by atomic mass is 10.0. The Kier molecular flexibility index (Phi) is 1.61. The van der Waals surface area contributed by atoms with E-state index in [1.807, 2.05) is 25.1 Å². The van der Waals surface area contributed by atoms with Crippen molar-refractivity contribution in [2.45, 2.75) is 19.4 Å². The van der Waals surface area contributed by atoms with Gasteiger partial charge in [0.15, 0.2) is 0 Å². The monoisotopic (exact) mass is 162 g/mol. The van der Waals surface area contributed by atoms with E-state index in [-0.39, 0.29) is 6.10 Å². The predicted molar refractivity (Wildman–Crippen MR) is 45.6 cm³/mol. The van der Waals surface area contributed by atoms with Gasteiger partial charge in [0.2, 0.25) is 0 Å². The minimum Gasteiger partial charge on any atom is -0.490 e. The van der Waals surface area contributed by atoms with Crippen LogP contribution < -0.4 is 4.74 Å². The molecule has 0 radical (unpaired) electrons. The van der Waals surface area contributed by atoms with Crippen LogP contribution in [0, 0.1) is 0 Å². The zero-order valence-corrected chi connectivity index (χ0v) is 6.91. The molecule has 0 amide bonds. The van der Waals surface area contributed by atoms with E-state index in [1.165, 1.54) is 0 Å². The summed E-state index contributed by atoms with van der Waals surface area (Å²) in [4.78, 5) is 10.6. The number of carbonyl (C=O) groups excluding carboxylic acids is 1. The molecule has 1 atom stereocenters. The maximum atomic E-state index is 10.6. The molecule has 12 heavy (non-hydrogen) atoms. The van der Waals surface area contributed by atoms with E-state index in [0.717, 1.165) is 29.6 Å². The Balaban J connectivity index is 2.51. The van der Waals surface area contributed by atoms with Crippen LogP contribution in [0.15, 0.2) is 18.2 Å². The number of benzene rings is 1. The summed E-state index contributed by atoms with van der Waals surface area (Å²) in [6, 6.07) is 5.58. The number of aldehydes is 1. The third-order valence-electron chi connectivity index (χ3n) is 2.12. The first kappa shape index (κ1) is 7.35. The lowest BCUT2D eigenvalue weighted by molar-refractivity contribution is 0.112. The molecule has 0 fully saturated rings. The van der Waals surface area contributed by atoms with Gasteiger partial charge in [0.25, 0.3) is 0 Å². The molecule has 1 aromatic carbocycles. The number of fused-ring (bicyclic) bond motifs is 1. The Labute approximate surface area is 71.2 Å². The van der Waals surface area contributed by atoms with E-state index >= 15 is 0 Å². The van der Waals surface area contributed by atoms with E-state index in [2.05, 4.69) is 0 Å². The van der Waals surface area contributed by atoms with E-state index < -0.39 is 0 Å². The third kappa shape index (κ3) is 0.998. The zero-order valence-electron chi connectivity index (χ0n) is 6.91. The van der Waals surface area contributed by atoms with Crippen LogP contribution in [0.1, 0.15) is 22.8 Å². The first-order chi connectivity index (χ1) is 5.81. The van der Waals surface area contributed by atoms with Crippen molar-refractivity contribution in [1.29, 1.82) is 0 Å². The van der Waals surface area contributed by atoms with E-state index in [9.17, 15) is 4.79 Å². The van der Waals surface area contributed by atoms with Crippen molar-refractivity contribution in [2.75, 3.05) is 0 Å². The highest BCUT2D eigenvalue weighted by Gasteiger charge is 2.20. The van der Waals surface area contributed by atoms with Gasteiger partial charge in [-0.05, 0) is 13.0 Å². The summed E-state index contributed by atoms with van der Waals surface area (Å²) >= 11 is 0. The average Bonchev–Trinajstić information content (AvgIpc) is 2.44. The summed E-state index contributed by atoms with van der Waals surface area (Å²) in [6.45, 7) is 2.01. The lowest BCUT2D eigenvalue weighted by Gasteiger charge is -2.01. The molecule has 1 aromatic rings. The van der Waals surface area contributed by atoms with Crippen molar-refractivity contribution < 1.29 is 9.53 Å². The van der Waals surface area contributed by atoms with Gasteiger partial charge in [0.05, 0.1) is 0 Å². The van der Waals surface area contributed by atoms with Crippen LogP contribution in [0.3, 0.4) is 0 Å². The number of carbonyl (C=O) groups is 1. The van der Waals surface area contributed by atoms with Gasteiger partial charge >= 0.3 is 0 Å². The van der Waals surface area contributed by atoms with Crippen LogP contribution in [0.25, 0.3) is 0 Å².